The molecule has 1 N–H and O–H groups in total. The molecular weight excluding hydrogens is 226 g/mol. The maximum Gasteiger partial charge on any atom is 0.240 e. The van der Waals surface area contributed by atoms with E-state index in [0.717, 1.165) is 6.54 Å². The Bertz CT molecular complexity index is 311. The minimum Gasteiger partial charge on any atom is -0.354 e. The van der Waals surface area contributed by atoms with Crippen LogP contribution in [0.2, 0.25) is 0 Å². The van der Waals surface area contributed by atoms with E-state index in [0.29, 0.717) is 19.4 Å². The molecule has 0 fully saturated rings. The van der Waals surface area contributed by atoms with Gasteiger partial charge in [0.05, 0.1) is 6.07 Å². The summed E-state index contributed by atoms with van der Waals surface area (Å²) in [6.45, 7) is 9.48. The highest BCUT2D eigenvalue weighted by Gasteiger charge is 2.35. The van der Waals surface area contributed by atoms with Crippen molar-refractivity contribution in [3.63, 3.8) is 0 Å². The van der Waals surface area contributed by atoms with Crippen molar-refractivity contribution in [2.75, 3.05) is 27.2 Å². The summed E-state index contributed by atoms with van der Waals surface area (Å²) >= 11 is 0. The molecule has 0 saturated heterocycles. The highest BCUT2D eigenvalue weighted by molar-refractivity contribution is 5.85. The van der Waals surface area contributed by atoms with Gasteiger partial charge in [-0.15, -0.1) is 0 Å². The van der Waals surface area contributed by atoms with E-state index in [2.05, 4.69) is 30.1 Å². The number of nitrogens with one attached hydrogen (secondary N) is 1. The molecule has 0 saturated carbocycles. The van der Waals surface area contributed by atoms with Gasteiger partial charge in [0.15, 0.2) is 0 Å². The molecule has 0 spiro atoms. The van der Waals surface area contributed by atoms with E-state index in [1.807, 2.05) is 27.9 Å². The maximum absolute atomic E-state index is 12.1. The van der Waals surface area contributed by atoms with Gasteiger partial charge in [-0.2, -0.15) is 5.26 Å². The molecule has 0 heterocycles. The van der Waals surface area contributed by atoms with Gasteiger partial charge in [-0.25, -0.2) is 0 Å². The molecule has 18 heavy (non-hydrogen) atoms. The van der Waals surface area contributed by atoms with Gasteiger partial charge in [0.1, 0.15) is 5.41 Å². The lowest BCUT2D eigenvalue weighted by Gasteiger charge is -2.30. The van der Waals surface area contributed by atoms with Crippen molar-refractivity contribution >= 4 is 5.91 Å². The lowest BCUT2D eigenvalue weighted by atomic mass is 9.82. The van der Waals surface area contributed by atoms with Crippen molar-refractivity contribution in [1.82, 2.24) is 10.2 Å². The van der Waals surface area contributed by atoms with Crippen LogP contribution in [-0.2, 0) is 4.79 Å². The smallest absolute Gasteiger partial charge is 0.240 e. The second-order valence-corrected chi connectivity index (χ2v) is 5.99. The molecule has 0 aromatic heterocycles. The van der Waals surface area contributed by atoms with E-state index in [1.54, 1.807) is 0 Å². The SMILES string of the molecule is CCC(C#N)(CC)C(=O)NCC(C)(C)CN(C)C. The van der Waals surface area contributed by atoms with Crippen LogP contribution in [-0.4, -0.2) is 38.0 Å². The maximum atomic E-state index is 12.1. The van der Waals surface area contributed by atoms with Gasteiger partial charge in [-0.3, -0.25) is 4.79 Å². The largest absolute Gasteiger partial charge is 0.354 e. The van der Waals surface area contributed by atoms with Crippen molar-refractivity contribution in [2.45, 2.75) is 40.5 Å². The molecule has 0 rings (SSSR count). The Morgan fingerprint density at radius 3 is 2.11 bits per heavy atom. The standard InChI is InChI=1S/C14H27N3O/c1-7-14(8-2,9-15)12(18)16-10-13(3,4)11-17(5)6/h7-8,10-11H2,1-6H3,(H,16,18). The van der Waals surface area contributed by atoms with Gasteiger partial charge >= 0.3 is 0 Å². The average molecular weight is 253 g/mol. The average Bonchev–Trinajstić information content (AvgIpc) is 2.28. The molecule has 1 amide bonds. The van der Waals surface area contributed by atoms with E-state index in [1.165, 1.54) is 0 Å². The van der Waals surface area contributed by atoms with Gasteiger partial charge in [-0.05, 0) is 32.4 Å². The first-order chi connectivity index (χ1) is 8.23. The number of amides is 1. The second kappa shape index (κ2) is 6.75. The number of carbonyl (C=O) groups is 1. The first-order valence-electron chi connectivity index (χ1n) is 6.57. The third kappa shape index (κ3) is 4.66. The van der Waals surface area contributed by atoms with E-state index < -0.39 is 5.41 Å². The molecule has 0 atom stereocenters. The number of nitriles is 1. The minimum atomic E-state index is -0.867. The monoisotopic (exact) mass is 253 g/mol. The van der Waals surface area contributed by atoms with Crippen molar-refractivity contribution in [3.05, 3.63) is 0 Å². The normalized spacial score (nSPS) is 12.3. The molecule has 4 nitrogen and oxygen atoms in total. The lowest BCUT2D eigenvalue weighted by molar-refractivity contribution is -0.129. The predicted octanol–water partition coefficient (Wildman–Crippen LogP) is 2.02. The third-order valence-electron chi connectivity index (χ3n) is 3.33. The zero-order chi connectivity index (χ0) is 14.4. The summed E-state index contributed by atoms with van der Waals surface area (Å²) in [6, 6.07) is 2.17. The van der Waals surface area contributed by atoms with Crippen LogP contribution in [0, 0.1) is 22.2 Å². The third-order valence-corrected chi connectivity index (χ3v) is 3.33. The van der Waals surface area contributed by atoms with E-state index >= 15 is 0 Å². The Morgan fingerprint density at radius 1 is 1.28 bits per heavy atom. The first kappa shape index (κ1) is 16.9. The molecule has 0 radical (unpaired) electrons. The number of nitrogens with zero attached hydrogens (tertiary/aromatic N) is 2. The van der Waals surface area contributed by atoms with Crippen molar-refractivity contribution in [3.8, 4) is 6.07 Å². The molecule has 0 aliphatic carbocycles. The Labute approximate surface area is 111 Å². The van der Waals surface area contributed by atoms with Crippen molar-refractivity contribution in [2.24, 2.45) is 10.8 Å². The molecule has 0 aliphatic rings. The quantitative estimate of drug-likeness (QED) is 0.755. The van der Waals surface area contributed by atoms with Gasteiger partial charge < -0.3 is 10.2 Å². The zero-order valence-electron chi connectivity index (χ0n) is 12.6. The van der Waals surface area contributed by atoms with Crippen LogP contribution in [0.15, 0.2) is 0 Å². The fourth-order valence-electron chi connectivity index (χ4n) is 2.18. The Kier molecular flexibility index (Phi) is 6.34. The fraction of sp³-hybridized carbons (Fsp3) is 0.857. The van der Waals surface area contributed by atoms with E-state index in [9.17, 15) is 10.1 Å². The summed E-state index contributed by atoms with van der Waals surface area (Å²) in [5.74, 6) is -0.137. The molecule has 104 valence electrons. The van der Waals surface area contributed by atoms with Crippen molar-refractivity contribution < 1.29 is 4.79 Å². The fourth-order valence-corrected chi connectivity index (χ4v) is 2.18. The van der Waals surface area contributed by atoms with Crippen LogP contribution in [0.3, 0.4) is 0 Å². The number of rotatable bonds is 7. The summed E-state index contributed by atoms with van der Waals surface area (Å²) in [5.41, 5.74) is -0.865. The lowest BCUT2D eigenvalue weighted by Crippen LogP contribution is -2.45. The highest BCUT2D eigenvalue weighted by atomic mass is 16.2. The van der Waals surface area contributed by atoms with Gasteiger partial charge in [0.2, 0.25) is 5.91 Å². The summed E-state index contributed by atoms with van der Waals surface area (Å²) in [5, 5.41) is 12.1. The van der Waals surface area contributed by atoms with Crippen LogP contribution >= 0.6 is 0 Å². The number of hydrogen-bond acceptors (Lipinski definition) is 3. The first-order valence-corrected chi connectivity index (χ1v) is 6.57. The van der Waals surface area contributed by atoms with Crippen LogP contribution in [0.5, 0.6) is 0 Å². The van der Waals surface area contributed by atoms with E-state index in [-0.39, 0.29) is 11.3 Å². The molecular formula is C14H27N3O. The Balaban J connectivity index is 4.55. The van der Waals surface area contributed by atoms with Crippen LogP contribution in [0.25, 0.3) is 0 Å². The van der Waals surface area contributed by atoms with Crippen LogP contribution < -0.4 is 5.32 Å². The molecule has 0 aromatic rings. The highest BCUT2D eigenvalue weighted by Crippen LogP contribution is 2.26. The van der Waals surface area contributed by atoms with Crippen LogP contribution in [0.1, 0.15) is 40.5 Å². The van der Waals surface area contributed by atoms with Gasteiger partial charge in [-0.1, -0.05) is 27.7 Å². The van der Waals surface area contributed by atoms with Crippen LogP contribution in [0.4, 0.5) is 0 Å². The molecule has 0 aromatic carbocycles. The summed E-state index contributed by atoms with van der Waals surface area (Å²) in [7, 11) is 4.03. The molecule has 0 unspecified atom stereocenters. The molecule has 0 bridgehead atoms. The van der Waals surface area contributed by atoms with Crippen molar-refractivity contribution in [1.29, 1.82) is 5.26 Å². The number of hydrogen-bond donors (Lipinski definition) is 1. The number of carbonyl (C=O) groups excluding carboxylic acids is 1. The summed E-state index contributed by atoms with van der Waals surface area (Å²) in [6.07, 6.45) is 1.11. The molecule has 0 aliphatic heterocycles. The van der Waals surface area contributed by atoms with Gasteiger partial charge in [0.25, 0.3) is 0 Å². The Hall–Kier alpha value is -1.08. The minimum absolute atomic E-state index is 0.00182. The van der Waals surface area contributed by atoms with E-state index in [4.69, 9.17) is 0 Å². The zero-order valence-corrected chi connectivity index (χ0v) is 12.6. The van der Waals surface area contributed by atoms with Gasteiger partial charge in [0, 0.05) is 13.1 Å². The second-order valence-electron chi connectivity index (χ2n) is 5.99. The topological polar surface area (TPSA) is 56.1 Å². The molecule has 4 heteroatoms. The Morgan fingerprint density at radius 2 is 1.78 bits per heavy atom. The summed E-state index contributed by atoms with van der Waals surface area (Å²) < 4.78 is 0. The predicted molar refractivity (Wildman–Crippen MR) is 74.0 cm³/mol. The summed E-state index contributed by atoms with van der Waals surface area (Å²) in [4.78, 5) is 14.2.